The van der Waals surface area contributed by atoms with Gasteiger partial charge in [-0.15, -0.1) is 0 Å². The fraction of sp³-hybridized carbons (Fsp3) is 0.345. The standard InChI is InChI=1S/C29H31NO3/c1-17-16-29(2,3)30-23-13-12-21-26-19(9-7-11-24(26)32-4)15-22(27(21)25(17)23)18-8-6-10-20(14-18)28(31)33-5/h6-14,16,22-23,25,30H,15H2,1-5H3. The summed E-state index contributed by atoms with van der Waals surface area (Å²) in [6.07, 6.45) is 7.81. The van der Waals surface area contributed by atoms with Crippen LogP contribution < -0.4 is 10.1 Å². The molecular weight excluding hydrogens is 410 g/mol. The molecule has 0 fully saturated rings. The predicted octanol–water partition coefficient (Wildman–Crippen LogP) is 5.46. The van der Waals surface area contributed by atoms with Crippen molar-refractivity contribution in [3.63, 3.8) is 0 Å². The Balaban J connectivity index is 1.74. The summed E-state index contributed by atoms with van der Waals surface area (Å²) in [5, 5.41) is 3.82. The van der Waals surface area contributed by atoms with Crippen molar-refractivity contribution in [2.75, 3.05) is 14.2 Å². The smallest absolute Gasteiger partial charge is 0.337 e. The maximum absolute atomic E-state index is 12.3. The molecule has 2 aliphatic carbocycles. The average molecular weight is 442 g/mol. The highest BCUT2D eigenvalue weighted by Crippen LogP contribution is 2.52. The minimum Gasteiger partial charge on any atom is -0.496 e. The molecule has 4 nitrogen and oxygen atoms in total. The third-order valence-corrected chi connectivity index (χ3v) is 7.20. The first kappa shape index (κ1) is 21.7. The molecule has 2 aromatic rings. The minimum atomic E-state index is -0.303. The van der Waals surface area contributed by atoms with Gasteiger partial charge in [-0.3, -0.25) is 0 Å². The van der Waals surface area contributed by atoms with Crippen LogP contribution in [0.4, 0.5) is 0 Å². The van der Waals surface area contributed by atoms with E-state index in [1.165, 1.54) is 35.0 Å². The lowest BCUT2D eigenvalue weighted by atomic mass is 9.64. The number of nitrogens with one attached hydrogen (secondary N) is 1. The van der Waals surface area contributed by atoms with E-state index >= 15 is 0 Å². The number of hydrogen-bond acceptors (Lipinski definition) is 4. The summed E-state index contributed by atoms with van der Waals surface area (Å²) in [4.78, 5) is 12.3. The van der Waals surface area contributed by atoms with Crippen molar-refractivity contribution in [3.05, 3.63) is 94.1 Å². The highest BCUT2D eigenvalue weighted by atomic mass is 16.5. The molecule has 0 aromatic heterocycles. The van der Waals surface area contributed by atoms with Gasteiger partial charge in [-0.05, 0) is 67.7 Å². The summed E-state index contributed by atoms with van der Waals surface area (Å²) in [5.74, 6) is 1.02. The van der Waals surface area contributed by atoms with Crippen LogP contribution in [-0.2, 0) is 11.2 Å². The topological polar surface area (TPSA) is 47.6 Å². The van der Waals surface area contributed by atoms with Gasteiger partial charge in [-0.25, -0.2) is 4.79 Å². The van der Waals surface area contributed by atoms with E-state index < -0.39 is 0 Å². The quantitative estimate of drug-likeness (QED) is 0.508. The Hall–Kier alpha value is -3.11. The maximum Gasteiger partial charge on any atom is 0.337 e. The van der Waals surface area contributed by atoms with E-state index in [-0.39, 0.29) is 29.4 Å². The Bertz CT molecular complexity index is 1220. The molecule has 5 rings (SSSR count). The molecule has 0 bridgehead atoms. The van der Waals surface area contributed by atoms with E-state index in [0.29, 0.717) is 5.56 Å². The Kier molecular flexibility index (Phi) is 5.29. The van der Waals surface area contributed by atoms with Crippen LogP contribution in [0.2, 0.25) is 0 Å². The zero-order valence-electron chi connectivity index (χ0n) is 19.9. The molecule has 3 atom stereocenters. The third-order valence-electron chi connectivity index (χ3n) is 7.20. The molecule has 0 radical (unpaired) electrons. The molecule has 33 heavy (non-hydrogen) atoms. The summed E-state index contributed by atoms with van der Waals surface area (Å²) in [6.45, 7) is 6.70. The number of carbonyl (C=O) groups excluding carboxylic acids is 1. The molecule has 4 heteroatoms. The second kappa shape index (κ2) is 8.03. The average Bonchev–Trinajstić information content (AvgIpc) is 2.81. The van der Waals surface area contributed by atoms with Gasteiger partial charge in [0.25, 0.3) is 0 Å². The number of benzene rings is 2. The zero-order chi connectivity index (χ0) is 23.3. The number of allylic oxidation sites excluding steroid dienone is 2. The van der Waals surface area contributed by atoms with Crippen molar-refractivity contribution < 1.29 is 14.3 Å². The number of rotatable bonds is 3. The van der Waals surface area contributed by atoms with E-state index in [0.717, 1.165) is 17.7 Å². The SMILES string of the molecule is COC(=O)c1cccc(C2Cc3cccc(OC)c3C3=C2C2C(C)=CC(C)(C)NC2C=C3)c1. The predicted molar refractivity (Wildman–Crippen MR) is 132 cm³/mol. The monoisotopic (exact) mass is 441 g/mol. The van der Waals surface area contributed by atoms with Gasteiger partial charge in [-0.2, -0.15) is 0 Å². The van der Waals surface area contributed by atoms with Crippen molar-refractivity contribution in [3.8, 4) is 5.75 Å². The van der Waals surface area contributed by atoms with E-state index in [9.17, 15) is 4.79 Å². The molecule has 0 spiro atoms. The second-order valence-electron chi connectivity index (χ2n) is 9.85. The van der Waals surface area contributed by atoms with Crippen molar-refractivity contribution in [1.29, 1.82) is 0 Å². The highest BCUT2D eigenvalue weighted by Gasteiger charge is 2.42. The van der Waals surface area contributed by atoms with Crippen LogP contribution in [0.15, 0.2) is 71.8 Å². The molecule has 170 valence electrons. The molecule has 0 saturated carbocycles. The number of esters is 1. The van der Waals surface area contributed by atoms with Crippen molar-refractivity contribution in [2.24, 2.45) is 5.92 Å². The Labute approximate surface area is 196 Å². The molecule has 0 amide bonds. The van der Waals surface area contributed by atoms with Crippen molar-refractivity contribution in [1.82, 2.24) is 5.32 Å². The summed E-state index contributed by atoms with van der Waals surface area (Å²) >= 11 is 0. The van der Waals surface area contributed by atoms with Crippen molar-refractivity contribution >= 4 is 11.5 Å². The van der Waals surface area contributed by atoms with E-state index in [1.807, 2.05) is 24.3 Å². The van der Waals surface area contributed by atoms with Gasteiger partial charge in [0.2, 0.25) is 0 Å². The van der Waals surface area contributed by atoms with Gasteiger partial charge in [0.15, 0.2) is 0 Å². The van der Waals surface area contributed by atoms with Crippen molar-refractivity contribution in [2.45, 2.75) is 44.7 Å². The van der Waals surface area contributed by atoms with Gasteiger partial charge in [0.05, 0.1) is 19.8 Å². The molecule has 3 aliphatic rings. The van der Waals surface area contributed by atoms with E-state index in [2.05, 4.69) is 62.5 Å². The van der Waals surface area contributed by atoms with E-state index in [1.54, 1.807) is 7.11 Å². The molecule has 2 aromatic carbocycles. The summed E-state index contributed by atoms with van der Waals surface area (Å²) in [6, 6.07) is 14.5. The summed E-state index contributed by atoms with van der Waals surface area (Å²) in [7, 11) is 3.17. The molecule has 0 saturated heterocycles. The van der Waals surface area contributed by atoms with Gasteiger partial charge < -0.3 is 14.8 Å². The van der Waals surface area contributed by atoms with Gasteiger partial charge in [0, 0.05) is 29.0 Å². The number of hydrogen-bond donors (Lipinski definition) is 1. The largest absolute Gasteiger partial charge is 0.496 e. The fourth-order valence-electron chi connectivity index (χ4n) is 6.04. The lowest BCUT2D eigenvalue weighted by molar-refractivity contribution is 0.0600. The van der Waals surface area contributed by atoms with Gasteiger partial charge in [0.1, 0.15) is 5.75 Å². The fourth-order valence-corrected chi connectivity index (χ4v) is 6.04. The van der Waals surface area contributed by atoms with Crippen LogP contribution in [0.1, 0.15) is 53.7 Å². The lowest BCUT2D eigenvalue weighted by Crippen LogP contribution is -2.53. The molecule has 1 aliphatic heterocycles. The van der Waals surface area contributed by atoms with Crippen LogP contribution in [0.5, 0.6) is 5.75 Å². The van der Waals surface area contributed by atoms with Gasteiger partial charge in [-0.1, -0.05) is 48.1 Å². The molecule has 1 N–H and O–H groups in total. The minimum absolute atomic E-state index is 0.0573. The Morgan fingerprint density at radius 3 is 2.67 bits per heavy atom. The number of fused-ring (bicyclic) bond motifs is 4. The van der Waals surface area contributed by atoms with Crippen LogP contribution in [0.3, 0.4) is 0 Å². The molecular formula is C29H31NO3. The first-order valence-corrected chi connectivity index (χ1v) is 11.6. The normalized spacial score (nSPS) is 24.9. The van der Waals surface area contributed by atoms with E-state index in [4.69, 9.17) is 9.47 Å². The van der Waals surface area contributed by atoms with Crippen LogP contribution in [0.25, 0.3) is 5.57 Å². The molecule has 1 heterocycles. The summed E-state index contributed by atoms with van der Waals surface area (Å²) in [5.41, 5.74) is 8.18. The third kappa shape index (κ3) is 3.63. The maximum atomic E-state index is 12.3. The Morgan fingerprint density at radius 2 is 1.91 bits per heavy atom. The Morgan fingerprint density at radius 1 is 1.12 bits per heavy atom. The number of carbonyl (C=O) groups is 1. The second-order valence-corrected chi connectivity index (χ2v) is 9.85. The van der Waals surface area contributed by atoms with Crippen LogP contribution >= 0.6 is 0 Å². The van der Waals surface area contributed by atoms with Gasteiger partial charge >= 0.3 is 5.97 Å². The first-order chi connectivity index (χ1) is 15.8. The summed E-state index contributed by atoms with van der Waals surface area (Å²) < 4.78 is 10.8. The lowest BCUT2D eigenvalue weighted by Gasteiger charge is -2.46. The van der Waals surface area contributed by atoms with Crippen LogP contribution in [-0.4, -0.2) is 31.8 Å². The number of methoxy groups -OCH3 is 2. The number of ether oxygens (including phenoxy) is 2. The highest BCUT2D eigenvalue weighted by molar-refractivity contribution is 5.90. The molecule has 3 unspecified atom stereocenters. The van der Waals surface area contributed by atoms with Crippen LogP contribution in [0, 0.1) is 5.92 Å². The first-order valence-electron chi connectivity index (χ1n) is 11.6. The zero-order valence-corrected chi connectivity index (χ0v) is 19.9.